The zero-order valence-corrected chi connectivity index (χ0v) is 38.3. The van der Waals surface area contributed by atoms with Crippen molar-refractivity contribution in [2.45, 2.75) is 89.9 Å². The molecule has 0 radical (unpaired) electrons. The lowest BCUT2D eigenvalue weighted by molar-refractivity contribution is -0.137. The Balaban J connectivity index is 0.865. The van der Waals surface area contributed by atoms with Gasteiger partial charge < -0.3 is 15.1 Å². The van der Waals surface area contributed by atoms with Crippen LogP contribution in [0.5, 0.6) is 0 Å². The number of amides is 3. The van der Waals surface area contributed by atoms with Crippen LogP contribution in [0.4, 0.5) is 27.4 Å². The molecule has 5 heterocycles. The van der Waals surface area contributed by atoms with Gasteiger partial charge in [0, 0.05) is 67.1 Å². The van der Waals surface area contributed by atoms with Crippen LogP contribution in [0, 0.1) is 11.7 Å². The number of carbonyl (C=O) groups excluding carboxylic acids is 3. The van der Waals surface area contributed by atoms with E-state index in [9.17, 15) is 22.8 Å². The first-order valence-electron chi connectivity index (χ1n) is 22.1. The summed E-state index contributed by atoms with van der Waals surface area (Å²) in [5.74, 6) is -0.597. The molecule has 336 valence electrons. The molecule has 16 heteroatoms. The van der Waals surface area contributed by atoms with Gasteiger partial charge in [0.05, 0.1) is 38.6 Å². The number of halogens is 1. The highest BCUT2D eigenvalue weighted by molar-refractivity contribution is 7.92. The van der Waals surface area contributed by atoms with Gasteiger partial charge in [0.25, 0.3) is 0 Å². The average Bonchev–Trinajstić information content (AvgIpc) is 3.74. The van der Waals surface area contributed by atoms with Crippen LogP contribution < -0.4 is 20.3 Å². The summed E-state index contributed by atoms with van der Waals surface area (Å²) in [6.07, 6.45) is 6.32. The molecule has 2 aromatic heterocycles. The maximum absolute atomic E-state index is 16.1. The van der Waals surface area contributed by atoms with E-state index in [0.29, 0.717) is 47.4 Å². The Hall–Kier alpha value is -5.74. The van der Waals surface area contributed by atoms with Crippen LogP contribution in [0.3, 0.4) is 0 Å². The molecule has 0 bridgehead atoms. The van der Waals surface area contributed by atoms with Crippen molar-refractivity contribution in [3.63, 3.8) is 0 Å². The predicted octanol–water partition coefficient (Wildman–Crippen LogP) is 8.74. The van der Waals surface area contributed by atoms with E-state index in [1.807, 2.05) is 62.1 Å². The zero-order valence-electron chi connectivity index (χ0n) is 36.7. The van der Waals surface area contributed by atoms with Gasteiger partial charge in [-0.2, -0.15) is 0 Å². The van der Waals surface area contributed by atoms with Crippen molar-refractivity contribution in [1.29, 1.82) is 0 Å². The molecule has 3 aliphatic heterocycles. The zero-order chi connectivity index (χ0) is 45.2. The monoisotopic (exact) mass is 906 g/mol. The molecule has 0 unspecified atom stereocenters. The molecule has 3 fully saturated rings. The van der Waals surface area contributed by atoms with E-state index in [1.54, 1.807) is 31.3 Å². The number of anilines is 4. The fourth-order valence-corrected chi connectivity index (χ4v) is 11.0. The fourth-order valence-electron chi connectivity index (χ4n) is 8.80. The van der Waals surface area contributed by atoms with Crippen LogP contribution in [0.25, 0.3) is 21.8 Å². The SMILES string of the molecule is CCCS(=O)(=O)Nc1cccc(-c2nc(C(C)(C)C)sc2-c2ccnc(Nc3ccc(C4CCN(C(=O)C5CCN(c6ccc([C@H]7CCC(=O)NC7=O)cc6)CC5)CC4)cc3)n2)c1F. The largest absolute Gasteiger partial charge is 0.371 e. The van der Waals surface area contributed by atoms with Crippen molar-refractivity contribution < 1.29 is 27.2 Å². The van der Waals surface area contributed by atoms with E-state index < -0.39 is 15.8 Å². The summed E-state index contributed by atoms with van der Waals surface area (Å²) in [5.41, 5.74) is 4.67. The summed E-state index contributed by atoms with van der Waals surface area (Å²) in [5, 5.41) is 6.54. The van der Waals surface area contributed by atoms with E-state index in [4.69, 9.17) is 9.97 Å². The molecule has 3 saturated heterocycles. The number of thiazole rings is 1. The minimum absolute atomic E-state index is 0.0101. The van der Waals surface area contributed by atoms with Gasteiger partial charge in [0.15, 0.2) is 5.82 Å². The molecule has 3 aromatic carbocycles. The van der Waals surface area contributed by atoms with E-state index in [2.05, 4.69) is 37.4 Å². The van der Waals surface area contributed by atoms with E-state index >= 15 is 4.39 Å². The highest BCUT2D eigenvalue weighted by Crippen LogP contribution is 2.42. The topological polar surface area (TPSA) is 167 Å². The van der Waals surface area contributed by atoms with Crippen molar-refractivity contribution in [2.24, 2.45) is 5.92 Å². The quantitative estimate of drug-likeness (QED) is 0.103. The maximum Gasteiger partial charge on any atom is 0.234 e. The molecule has 3 aliphatic rings. The number of likely N-dealkylation sites (tertiary alicyclic amines) is 1. The molecular weight excluding hydrogens is 852 g/mol. The van der Waals surface area contributed by atoms with Crippen molar-refractivity contribution >= 4 is 62.1 Å². The van der Waals surface area contributed by atoms with Gasteiger partial charge in [-0.1, -0.05) is 58.0 Å². The second-order valence-electron chi connectivity index (χ2n) is 18.0. The van der Waals surface area contributed by atoms with E-state index in [-0.39, 0.29) is 52.0 Å². The minimum Gasteiger partial charge on any atom is -0.371 e. The Morgan fingerprint density at radius 3 is 2.27 bits per heavy atom. The summed E-state index contributed by atoms with van der Waals surface area (Å²) in [6.45, 7) is 10.9. The van der Waals surface area contributed by atoms with Crippen molar-refractivity contribution in [3.8, 4) is 21.8 Å². The third-order valence-electron chi connectivity index (χ3n) is 12.3. The Morgan fingerprint density at radius 1 is 0.891 bits per heavy atom. The predicted molar refractivity (Wildman–Crippen MR) is 250 cm³/mol. The van der Waals surface area contributed by atoms with Crippen LogP contribution >= 0.6 is 11.3 Å². The molecule has 3 N–H and O–H groups in total. The summed E-state index contributed by atoms with van der Waals surface area (Å²) in [7, 11) is -3.72. The minimum atomic E-state index is -3.72. The van der Waals surface area contributed by atoms with Gasteiger partial charge in [-0.15, -0.1) is 11.3 Å². The van der Waals surface area contributed by atoms with E-state index in [1.165, 1.54) is 23.0 Å². The molecule has 13 nitrogen and oxygen atoms in total. The number of aromatic nitrogens is 3. The number of rotatable bonds is 12. The Bertz CT molecular complexity index is 2620. The van der Waals surface area contributed by atoms with Crippen LogP contribution in [0.15, 0.2) is 79.0 Å². The summed E-state index contributed by atoms with van der Waals surface area (Å²) in [6, 6.07) is 22.7. The first kappa shape index (κ1) is 44.9. The van der Waals surface area contributed by atoms with Crippen LogP contribution in [0.2, 0.25) is 0 Å². The Labute approximate surface area is 378 Å². The van der Waals surface area contributed by atoms with E-state index in [0.717, 1.165) is 73.8 Å². The first-order chi connectivity index (χ1) is 30.7. The van der Waals surface area contributed by atoms with Gasteiger partial charge in [-0.3, -0.25) is 24.4 Å². The average molecular weight is 907 g/mol. The third kappa shape index (κ3) is 10.1. The molecule has 5 aromatic rings. The van der Waals surface area contributed by atoms with Crippen LogP contribution in [0.1, 0.15) is 101 Å². The number of benzene rings is 3. The lowest BCUT2D eigenvalue weighted by atomic mass is 9.88. The molecule has 8 rings (SSSR count). The number of piperidine rings is 3. The molecule has 0 spiro atoms. The van der Waals surface area contributed by atoms with Gasteiger partial charge in [0.2, 0.25) is 33.7 Å². The summed E-state index contributed by atoms with van der Waals surface area (Å²) >= 11 is 1.42. The lowest BCUT2D eigenvalue weighted by Gasteiger charge is -2.38. The second-order valence-corrected chi connectivity index (χ2v) is 20.8. The van der Waals surface area contributed by atoms with Crippen LogP contribution in [-0.4, -0.2) is 77.9 Å². The van der Waals surface area contributed by atoms with Crippen molar-refractivity contribution in [1.82, 2.24) is 25.2 Å². The second kappa shape index (κ2) is 18.8. The number of hydrogen-bond donors (Lipinski definition) is 3. The maximum atomic E-state index is 16.1. The molecule has 64 heavy (non-hydrogen) atoms. The number of nitrogens with one attached hydrogen (secondary N) is 3. The summed E-state index contributed by atoms with van der Waals surface area (Å²) < 4.78 is 43.6. The third-order valence-corrected chi connectivity index (χ3v) is 15.3. The lowest BCUT2D eigenvalue weighted by Crippen LogP contribution is -2.45. The Morgan fingerprint density at radius 2 is 1.59 bits per heavy atom. The van der Waals surface area contributed by atoms with Gasteiger partial charge in [0.1, 0.15) is 0 Å². The fraction of sp³-hybridized carbons (Fsp3) is 0.417. The highest BCUT2D eigenvalue weighted by atomic mass is 32.2. The molecule has 3 amide bonds. The molecule has 0 saturated carbocycles. The molecular formula is C48H55FN8O5S2. The number of nitrogens with zero attached hydrogens (tertiary/aromatic N) is 5. The standard InChI is InChI=1S/C48H55FN8O5S2/c1-5-29-64(61,62)55-38-8-6-7-37(41(38)49)42-43(63-46(54-42)48(2,3)4)39-19-24-50-47(52-39)51-34-13-9-30(10-14-34)31-20-27-57(28-21-31)45(60)33-22-25-56(26-23-33)35-15-11-32(12-16-35)36-17-18-40(58)53-44(36)59/h6-16,19,24,31,33,36,55H,5,17-18,20-23,25-29H2,1-4H3,(H,50,51,52)(H,53,58,59)/t36-/m1/s1. The smallest absolute Gasteiger partial charge is 0.234 e. The van der Waals surface area contributed by atoms with Crippen LogP contribution in [-0.2, 0) is 29.8 Å². The number of sulfonamides is 1. The highest BCUT2D eigenvalue weighted by Gasteiger charge is 2.33. The number of carbonyl (C=O) groups is 3. The number of imide groups is 1. The van der Waals surface area contributed by atoms with Gasteiger partial charge >= 0.3 is 0 Å². The van der Waals surface area contributed by atoms with Crippen molar-refractivity contribution in [2.75, 3.05) is 46.9 Å². The Kier molecular flexibility index (Phi) is 13.2. The first-order valence-corrected chi connectivity index (χ1v) is 24.6. The number of hydrogen-bond acceptors (Lipinski definition) is 11. The molecule has 1 atom stereocenters. The summed E-state index contributed by atoms with van der Waals surface area (Å²) in [4.78, 5) is 56.7. The van der Waals surface area contributed by atoms with Gasteiger partial charge in [-0.05, 0) is 98.0 Å². The molecule has 0 aliphatic carbocycles. The normalized spacial score (nSPS) is 17.9. The van der Waals surface area contributed by atoms with Gasteiger partial charge in [-0.25, -0.2) is 27.8 Å². The van der Waals surface area contributed by atoms with Crippen molar-refractivity contribution in [3.05, 3.63) is 101 Å².